The van der Waals surface area contributed by atoms with Crippen LogP contribution in [0.5, 0.6) is 11.6 Å². The monoisotopic (exact) mass is 494 g/mol. The minimum absolute atomic E-state index is 0.0957. The fourth-order valence-electron chi connectivity index (χ4n) is 2.31. The van der Waals surface area contributed by atoms with E-state index in [9.17, 15) is 10.1 Å². The maximum Gasteiger partial charge on any atom is 0.278 e. The van der Waals surface area contributed by atoms with Crippen molar-refractivity contribution in [2.75, 3.05) is 20.8 Å². The molecule has 0 aliphatic carbocycles. The Morgan fingerprint density at radius 2 is 2.18 bits per heavy atom. The summed E-state index contributed by atoms with van der Waals surface area (Å²) in [4.78, 5) is 16.1. The number of carbonyl (C=O) groups is 1. The number of hydrazone groups is 1. The van der Waals surface area contributed by atoms with Crippen molar-refractivity contribution >= 4 is 34.7 Å². The Balaban J connectivity index is 1.97. The van der Waals surface area contributed by atoms with Gasteiger partial charge in [0.1, 0.15) is 17.4 Å². The topological polar surface area (TPSA) is 106 Å². The molecule has 1 aromatic heterocycles. The second-order valence-electron chi connectivity index (χ2n) is 5.62. The number of rotatable bonds is 8. The molecule has 28 heavy (non-hydrogen) atoms. The van der Waals surface area contributed by atoms with Crippen molar-refractivity contribution in [2.24, 2.45) is 5.10 Å². The third kappa shape index (κ3) is 5.90. The first kappa shape index (κ1) is 21.6. The molecule has 1 N–H and O–H groups in total. The first-order valence-electron chi connectivity index (χ1n) is 8.16. The van der Waals surface area contributed by atoms with E-state index in [0.717, 1.165) is 14.9 Å². The highest BCUT2D eigenvalue weighted by Gasteiger charge is 2.14. The Morgan fingerprint density at radius 1 is 1.39 bits per heavy atom. The molecule has 0 unspecified atom stereocenters. The molecule has 2 rings (SSSR count). The fraction of sp³-hybridized carbons (Fsp3) is 0.263. The highest BCUT2D eigenvalue weighted by atomic mass is 127. The van der Waals surface area contributed by atoms with Crippen molar-refractivity contribution in [2.45, 2.75) is 13.5 Å². The molecule has 146 valence electrons. The first-order chi connectivity index (χ1) is 13.5. The molecule has 8 nitrogen and oxygen atoms in total. The molecule has 9 heteroatoms. The number of pyridine rings is 1. The summed E-state index contributed by atoms with van der Waals surface area (Å²) in [5.41, 5.74) is 4.75. The van der Waals surface area contributed by atoms with Gasteiger partial charge in [-0.25, -0.2) is 10.4 Å². The summed E-state index contributed by atoms with van der Waals surface area (Å²) in [5.74, 6) is 0.389. The van der Waals surface area contributed by atoms with Crippen LogP contribution in [0.2, 0.25) is 0 Å². The van der Waals surface area contributed by atoms with E-state index in [0.29, 0.717) is 11.3 Å². The van der Waals surface area contributed by atoms with Crippen molar-refractivity contribution in [1.29, 1.82) is 5.26 Å². The number of nitrogens with zero attached hydrogens (tertiary/aromatic N) is 3. The highest BCUT2D eigenvalue weighted by molar-refractivity contribution is 14.1. The lowest BCUT2D eigenvalue weighted by Gasteiger charge is -2.10. The Morgan fingerprint density at radius 3 is 2.82 bits per heavy atom. The number of amides is 1. The van der Waals surface area contributed by atoms with Crippen LogP contribution in [0.4, 0.5) is 0 Å². The van der Waals surface area contributed by atoms with Crippen LogP contribution in [0.3, 0.4) is 0 Å². The van der Waals surface area contributed by atoms with Gasteiger partial charge in [-0.1, -0.05) is 0 Å². The number of aromatic nitrogens is 1. The molecule has 0 spiro atoms. The maximum atomic E-state index is 12.0. The van der Waals surface area contributed by atoms with Gasteiger partial charge in [-0.15, -0.1) is 0 Å². The van der Waals surface area contributed by atoms with Gasteiger partial charge in [0, 0.05) is 18.4 Å². The number of methoxy groups -OCH3 is 2. The number of halogens is 1. The maximum absolute atomic E-state index is 12.0. The zero-order chi connectivity index (χ0) is 20.5. The van der Waals surface area contributed by atoms with Crippen LogP contribution in [0, 0.1) is 21.8 Å². The number of ether oxygens (including phenoxy) is 3. The number of carbonyl (C=O) groups excluding carboxylic acids is 1. The van der Waals surface area contributed by atoms with Crippen molar-refractivity contribution < 1.29 is 19.0 Å². The van der Waals surface area contributed by atoms with Crippen LogP contribution in [0.1, 0.15) is 22.4 Å². The number of nitrogens with one attached hydrogen (secondary N) is 1. The second kappa shape index (κ2) is 10.6. The van der Waals surface area contributed by atoms with Crippen LogP contribution in [-0.2, 0) is 16.1 Å². The predicted molar refractivity (Wildman–Crippen MR) is 111 cm³/mol. The molecule has 2 aromatic rings. The number of benzene rings is 1. The van der Waals surface area contributed by atoms with Gasteiger partial charge in [-0.3, -0.25) is 4.79 Å². The SMILES string of the molecule is COCc1cc(C)nc(OCC(=O)N/N=C\c2ccc(OC)c(I)c2)c1C#N. The van der Waals surface area contributed by atoms with Gasteiger partial charge in [0.25, 0.3) is 5.91 Å². The molecule has 0 radical (unpaired) electrons. The van der Waals surface area contributed by atoms with Gasteiger partial charge in [0.2, 0.25) is 5.88 Å². The normalized spacial score (nSPS) is 10.5. The Bertz CT molecular complexity index is 925. The summed E-state index contributed by atoms with van der Waals surface area (Å²) in [5, 5.41) is 13.3. The van der Waals surface area contributed by atoms with Crippen molar-refractivity contribution in [3.63, 3.8) is 0 Å². The van der Waals surface area contributed by atoms with Crippen LogP contribution >= 0.6 is 22.6 Å². The summed E-state index contributed by atoms with van der Waals surface area (Å²) in [7, 11) is 3.14. The van der Waals surface area contributed by atoms with E-state index >= 15 is 0 Å². The number of hydrogen-bond acceptors (Lipinski definition) is 7. The minimum Gasteiger partial charge on any atom is -0.496 e. The highest BCUT2D eigenvalue weighted by Crippen LogP contribution is 2.22. The molecule has 0 saturated carbocycles. The van der Waals surface area contributed by atoms with Crippen molar-refractivity contribution in [3.05, 3.63) is 50.2 Å². The fourth-order valence-corrected chi connectivity index (χ4v) is 3.07. The van der Waals surface area contributed by atoms with Gasteiger partial charge in [0.15, 0.2) is 6.61 Å². The Kier molecular flexibility index (Phi) is 8.16. The van der Waals surface area contributed by atoms with Crippen LogP contribution in [0.25, 0.3) is 0 Å². The average molecular weight is 494 g/mol. The zero-order valence-electron chi connectivity index (χ0n) is 15.7. The van der Waals surface area contributed by atoms with Crippen molar-refractivity contribution in [3.8, 4) is 17.7 Å². The molecule has 0 saturated heterocycles. The summed E-state index contributed by atoms with van der Waals surface area (Å²) in [6.07, 6.45) is 1.52. The molecule has 0 bridgehead atoms. The minimum atomic E-state index is -0.472. The molecule has 1 aromatic carbocycles. The standard InChI is InChI=1S/C19H19IN4O4/c1-12-6-14(10-26-2)15(8-21)19(23-12)28-11-18(25)24-22-9-13-4-5-17(27-3)16(20)7-13/h4-7,9H,10-11H2,1-3H3,(H,24,25)/b22-9-. The van der Waals surface area contributed by atoms with E-state index in [-0.39, 0.29) is 24.7 Å². The molecule has 0 aliphatic heterocycles. The quantitative estimate of drug-likeness (QED) is 0.344. The predicted octanol–water partition coefficient (Wildman–Crippen LogP) is 2.55. The first-order valence-corrected chi connectivity index (χ1v) is 9.24. The summed E-state index contributed by atoms with van der Waals surface area (Å²) in [6.45, 7) is 1.70. The van der Waals surface area contributed by atoms with Gasteiger partial charge in [0.05, 0.1) is 23.5 Å². The van der Waals surface area contributed by atoms with E-state index in [2.05, 4.69) is 38.1 Å². The third-order valence-corrected chi connectivity index (χ3v) is 4.37. The molecule has 0 atom stereocenters. The molecular formula is C19H19IN4O4. The van der Waals surface area contributed by atoms with E-state index in [1.807, 2.05) is 24.3 Å². The van der Waals surface area contributed by atoms with Gasteiger partial charge in [-0.05, 0) is 59.3 Å². The van der Waals surface area contributed by atoms with Crippen LogP contribution in [0.15, 0.2) is 29.4 Å². The molecule has 0 fully saturated rings. The average Bonchev–Trinajstić information content (AvgIpc) is 2.66. The van der Waals surface area contributed by atoms with Gasteiger partial charge < -0.3 is 14.2 Å². The number of nitriles is 1. The summed E-state index contributed by atoms with van der Waals surface area (Å²) >= 11 is 2.15. The van der Waals surface area contributed by atoms with Crippen LogP contribution in [-0.4, -0.2) is 37.9 Å². The van der Waals surface area contributed by atoms with E-state index in [1.54, 1.807) is 20.1 Å². The summed E-state index contributed by atoms with van der Waals surface area (Å²) < 4.78 is 16.6. The number of hydrogen-bond donors (Lipinski definition) is 1. The number of aryl methyl sites for hydroxylation is 1. The lowest BCUT2D eigenvalue weighted by molar-refractivity contribution is -0.123. The smallest absolute Gasteiger partial charge is 0.278 e. The second-order valence-corrected chi connectivity index (χ2v) is 6.79. The van der Waals surface area contributed by atoms with E-state index in [4.69, 9.17) is 14.2 Å². The summed E-state index contributed by atoms with van der Waals surface area (Å²) in [6, 6.07) is 9.30. The van der Waals surface area contributed by atoms with Crippen LogP contribution < -0.4 is 14.9 Å². The zero-order valence-corrected chi connectivity index (χ0v) is 17.8. The Hall–Kier alpha value is -2.71. The lowest BCUT2D eigenvalue weighted by Crippen LogP contribution is -2.25. The third-order valence-electron chi connectivity index (χ3n) is 3.53. The lowest BCUT2D eigenvalue weighted by atomic mass is 10.1. The molecule has 1 amide bonds. The molecule has 1 heterocycles. The Labute approximate surface area is 176 Å². The van der Waals surface area contributed by atoms with Gasteiger partial charge >= 0.3 is 0 Å². The largest absolute Gasteiger partial charge is 0.496 e. The van der Waals surface area contributed by atoms with Gasteiger partial charge in [-0.2, -0.15) is 10.4 Å². The van der Waals surface area contributed by atoms with E-state index in [1.165, 1.54) is 13.3 Å². The van der Waals surface area contributed by atoms with E-state index < -0.39 is 5.91 Å². The van der Waals surface area contributed by atoms with Crippen molar-refractivity contribution in [1.82, 2.24) is 10.4 Å². The molecular weight excluding hydrogens is 475 g/mol. The molecule has 0 aliphatic rings.